The van der Waals surface area contributed by atoms with E-state index in [1.807, 2.05) is 30.3 Å². The number of nitrogens with one attached hydrogen (secondary N) is 2. The van der Waals surface area contributed by atoms with Crippen molar-refractivity contribution in [1.29, 1.82) is 9.56 Å². The van der Waals surface area contributed by atoms with Crippen LogP contribution in [0.3, 0.4) is 0 Å². The zero-order valence-electron chi connectivity index (χ0n) is 7.24. The summed E-state index contributed by atoms with van der Waals surface area (Å²) in [6.45, 7) is 0. The van der Waals surface area contributed by atoms with E-state index in [1.165, 1.54) is 0 Å². The quantitative estimate of drug-likeness (QED) is 0.726. The molecule has 1 aromatic carbocycles. The molecule has 1 rings (SSSR count). The van der Waals surface area contributed by atoms with Gasteiger partial charge in [0.2, 0.25) is 0 Å². The molecular formula is C8H13N3S. The van der Waals surface area contributed by atoms with Gasteiger partial charge in [-0.05, 0) is 12.1 Å². The maximum Gasteiger partial charge on any atom is 0.0482 e. The van der Waals surface area contributed by atoms with Crippen LogP contribution in [0, 0.1) is 9.56 Å². The van der Waals surface area contributed by atoms with Crippen LogP contribution in [0.25, 0.3) is 0 Å². The fourth-order valence-corrected chi connectivity index (χ4v) is 1.39. The third-order valence-corrected chi connectivity index (χ3v) is 2.97. The summed E-state index contributed by atoms with van der Waals surface area (Å²) < 4.78 is 16.8. The standard InChI is InChI=1S/C8H13N3S/c1-11(12(2,9)10)8-6-4-3-5-7-8/h3-7,9-10H,1-2H3. The van der Waals surface area contributed by atoms with Crippen LogP contribution in [0.1, 0.15) is 0 Å². The van der Waals surface area contributed by atoms with E-state index in [-0.39, 0.29) is 0 Å². The summed E-state index contributed by atoms with van der Waals surface area (Å²) in [5.74, 6) is 0. The normalized spacial score (nSPS) is 11.2. The van der Waals surface area contributed by atoms with Crippen LogP contribution < -0.4 is 4.31 Å². The largest absolute Gasteiger partial charge is 0.305 e. The maximum atomic E-state index is 7.55. The fourth-order valence-electron chi connectivity index (χ4n) is 0.849. The van der Waals surface area contributed by atoms with Crippen molar-refractivity contribution in [2.75, 3.05) is 17.6 Å². The van der Waals surface area contributed by atoms with Crippen LogP contribution in [0.15, 0.2) is 30.3 Å². The molecule has 4 heteroatoms. The lowest BCUT2D eigenvalue weighted by molar-refractivity contribution is 1.30. The van der Waals surface area contributed by atoms with Crippen LogP contribution in [0.5, 0.6) is 0 Å². The van der Waals surface area contributed by atoms with Gasteiger partial charge in [-0.15, -0.1) is 0 Å². The Labute approximate surface area is 73.6 Å². The molecule has 0 aromatic heterocycles. The molecule has 0 atom stereocenters. The number of nitrogens with zero attached hydrogens (tertiary/aromatic N) is 1. The molecule has 0 saturated heterocycles. The number of hydrogen-bond acceptors (Lipinski definition) is 2. The summed E-state index contributed by atoms with van der Waals surface area (Å²) in [6.07, 6.45) is 1.62. The first-order chi connectivity index (χ1) is 5.52. The average Bonchev–Trinajstić information content (AvgIpc) is 2.03. The first kappa shape index (κ1) is 9.06. The minimum Gasteiger partial charge on any atom is -0.305 e. The van der Waals surface area contributed by atoms with Crippen molar-refractivity contribution in [3.05, 3.63) is 30.3 Å². The van der Waals surface area contributed by atoms with E-state index in [9.17, 15) is 0 Å². The van der Waals surface area contributed by atoms with E-state index in [0.717, 1.165) is 5.69 Å². The van der Waals surface area contributed by atoms with Gasteiger partial charge in [0.1, 0.15) is 0 Å². The van der Waals surface area contributed by atoms with Crippen molar-refractivity contribution < 1.29 is 0 Å². The second-order valence-electron chi connectivity index (χ2n) is 2.71. The molecule has 0 unspecified atom stereocenters. The van der Waals surface area contributed by atoms with Gasteiger partial charge >= 0.3 is 0 Å². The molecule has 1 aromatic rings. The number of hydrogen-bond donors (Lipinski definition) is 2. The van der Waals surface area contributed by atoms with E-state index in [2.05, 4.69) is 0 Å². The zero-order valence-corrected chi connectivity index (χ0v) is 8.06. The van der Waals surface area contributed by atoms with Crippen LogP contribution >= 0.6 is 0 Å². The van der Waals surface area contributed by atoms with Crippen LogP contribution in [0.2, 0.25) is 0 Å². The first-order valence-electron chi connectivity index (χ1n) is 3.58. The molecule has 0 bridgehead atoms. The zero-order chi connectivity index (χ0) is 9.19. The van der Waals surface area contributed by atoms with E-state index < -0.39 is 9.81 Å². The Morgan fingerprint density at radius 3 is 2.08 bits per heavy atom. The SMILES string of the molecule is CN(c1ccccc1)S(C)(=N)=N. The second-order valence-corrected chi connectivity index (χ2v) is 5.01. The molecule has 3 nitrogen and oxygen atoms in total. The minimum absolute atomic E-state index is 0.931. The first-order valence-corrected chi connectivity index (χ1v) is 5.58. The molecule has 0 amide bonds. The number of para-hydroxylation sites is 1. The van der Waals surface area contributed by atoms with Gasteiger partial charge < -0.3 is 4.31 Å². The van der Waals surface area contributed by atoms with Crippen LogP contribution in [-0.2, 0) is 9.81 Å². The topological polar surface area (TPSA) is 50.9 Å². The number of anilines is 1. The number of rotatable bonds is 2. The summed E-state index contributed by atoms with van der Waals surface area (Å²) in [4.78, 5) is 0. The van der Waals surface area contributed by atoms with Gasteiger partial charge in [0.05, 0.1) is 0 Å². The molecule has 66 valence electrons. The van der Waals surface area contributed by atoms with Crippen LogP contribution in [-0.4, -0.2) is 13.3 Å². The van der Waals surface area contributed by atoms with Crippen molar-refractivity contribution in [1.82, 2.24) is 0 Å². The molecule has 0 aliphatic carbocycles. The highest BCUT2D eigenvalue weighted by Crippen LogP contribution is 2.14. The molecule has 12 heavy (non-hydrogen) atoms. The van der Waals surface area contributed by atoms with Crippen molar-refractivity contribution in [3.8, 4) is 0 Å². The lowest BCUT2D eigenvalue weighted by atomic mass is 10.3. The molecule has 2 N–H and O–H groups in total. The Balaban J connectivity index is 3.02. The summed E-state index contributed by atoms with van der Waals surface area (Å²) in [6, 6.07) is 9.58. The minimum atomic E-state index is -2.12. The van der Waals surface area contributed by atoms with Crippen molar-refractivity contribution >= 4 is 15.5 Å². The number of benzene rings is 1. The van der Waals surface area contributed by atoms with E-state index in [4.69, 9.17) is 9.56 Å². The van der Waals surface area contributed by atoms with Crippen LogP contribution in [0.4, 0.5) is 5.69 Å². The fraction of sp³-hybridized carbons (Fsp3) is 0.250. The van der Waals surface area contributed by atoms with Gasteiger partial charge in [0, 0.05) is 28.8 Å². The third kappa shape index (κ3) is 1.98. The van der Waals surface area contributed by atoms with Crippen molar-refractivity contribution in [3.63, 3.8) is 0 Å². The molecule has 0 saturated carbocycles. The highest BCUT2D eigenvalue weighted by molar-refractivity contribution is 7.94. The van der Waals surface area contributed by atoms with Gasteiger partial charge in [-0.3, -0.25) is 9.56 Å². The van der Waals surface area contributed by atoms with Gasteiger partial charge in [-0.25, -0.2) is 0 Å². The molecule has 0 fully saturated rings. The second kappa shape index (κ2) is 3.15. The van der Waals surface area contributed by atoms with E-state index in [1.54, 1.807) is 17.6 Å². The lowest BCUT2D eigenvalue weighted by Crippen LogP contribution is -2.22. The molecular weight excluding hydrogens is 170 g/mol. The Hall–Kier alpha value is -1.03. The highest BCUT2D eigenvalue weighted by atomic mass is 32.2. The van der Waals surface area contributed by atoms with E-state index >= 15 is 0 Å². The summed E-state index contributed by atoms with van der Waals surface area (Å²) >= 11 is 0. The predicted octanol–water partition coefficient (Wildman–Crippen LogP) is 2.35. The monoisotopic (exact) mass is 183 g/mol. The molecule has 0 aliphatic heterocycles. The molecule has 0 heterocycles. The van der Waals surface area contributed by atoms with Gasteiger partial charge in [0.25, 0.3) is 0 Å². The van der Waals surface area contributed by atoms with E-state index in [0.29, 0.717) is 0 Å². The molecule has 0 aliphatic rings. The summed E-state index contributed by atoms with van der Waals surface area (Å²) in [7, 11) is -0.340. The van der Waals surface area contributed by atoms with Crippen molar-refractivity contribution in [2.24, 2.45) is 0 Å². The van der Waals surface area contributed by atoms with Gasteiger partial charge in [-0.1, -0.05) is 18.2 Å². The Kier molecular flexibility index (Phi) is 2.38. The smallest absolute Gasteiger partial charge is 0.0482 e. The van der Waals surface area contributed by atoms with Crippen molar-refractivity contribution in [2.45, 2.75) is 0 Å². The molecule has 0 spiro atoms. The third-order valence-electron chi connectivity index (χ3n) is 1.67. The van der Waals surface area contributed by atoms with Gasteiger partial charge in [0.15, 0.2) is 0 Å². The highest BCUT2D eigenvalue weighted by Gasteiger charge is 2.02. The molecule has 0 radical (unpaired) electrons. The lowest BCUT2D eigenvalue weighted by Gasteiger charge is -2.21. The average molecular weight is 183 g/mol. The Bertz CT molecular complexity index is 342. The predicted molar refractivity (Wildman–Crippen MR) is 53.6 cm³/mol. The maximum absolute atomic E-state index is 7.55. The Morgan fingerprint density at radius 2 is 1.67 bits per heavy atom. The summed E-state index contributed by atoms with van der Waals surface area (Å²) in [5.41, 5.74) is 0.931. The Morgan fingerprint density at radius 1 is 1.17 bits per heavy atom. The van der Waals surface area contributed by atoms with Gasteiger partial charge in [-0.2, -0.15) is 0 Å². The summed E-state index contributed by atoms with van der Waals surface area (Å²) in [5, 5.41) is 0.